The van der Waals surface area contributed by atoms with E-state index in [2.05, 4.69) is 20.6 Å². The van der Waals surface area contributed by atoms with E-state index in [1.807, 2.05) is 24.3 Å². The van der Waals surface area contributed by atoms with Crippen LogP contribution in [0.3, 0.4) is 0 Å². The van der Waals surface area contributed by atoms with Crippen molar-refractivity contribution in [3.8, 4) is 5.75 Å². The van der Waals surface area contributed by atoms with Crippen molar-refractivity contribution in [2.45, 2.75) is 50.2 Å². The number of nitrogens with zero attached hydrogens (tertiary/aromatic N) is 3. The number of hydrogen-bond acceptors (Lipinski definition) is 8. The highest BCUT2D eigenvalue weighted by molar-refractivity contribution is 7.18. The van der Waals surface area contributed by atoms with Crippen LogP contribution in [0.4, 0.5) is 29.7 Å². The molecule has 3 atom stereocenters. The highest BCUT2D eigenvalue weighted by atomic mass is 32.1. The number of fused-ring (bicyclic) bond motifs is 1. The van der Waals surface area contributed by atoms with Crippen molar-refractivity contribution in [3.63, 3.8) is 0 Å². The van der Waals surface area contributed by atoms with E-state index in [4.69, 9.17) is 9.84 Å². The van der Waals surface area contributed by atoms with Crippen LogP contribution < -0.4 is 20.3 Å². The molecule has 0 radical (unpaired) electrons. The lowest BCUT2D eigenvalue weighted by molar-refractivity contribution is -0.126. The molecule has 36 heavy (non-hydrogen) atoms. The molecule has 1 aliphatic rings. The van der Waals surface area contributed by atoms with Gasteiger partial charge in [-0.1, -0.05) is 12.1 Å². The number of rotatable bonds is 8. The van der Waals surface area contributed by atoms with Crippen LogP contribution in [0.25, 0.3) is 10.2 Å². The Kier molecular flexibility index (Phi) is 7.41. The number of alkyl halides is 3. The second-order valence-electron chi connectivity index (χ2n) is 8.66. The molecule has 1 fully saturated rings. The lowest BCUT2D eigenvalue weighted by Gasteiger charge is -2.29. The Balaban J connectivity index is 1.64. The largest absolute Gasteiger partial charge is 0.497 e. The van der Waals surface area contributed by atoms with E-state index in [-0.39, 0.29) is 17.2 Å². The molecule has 4 rings (SSSR count). The summed E-state index contributed by atoms with van der Waals surface area (Å²) in [5, 5.41) is 25.6. The minimum atomic E-state index is -4.37. The van der Waals surface area contributed by atoms with Crippen molar-refractivity contribution >= 4 is 39.4 Å². The lowest BCUT2D eigenvalue weighted by atomic mass is 10.1. The molecule has 0 aliphatic heterocycles. The third-order valence-electron chi connectivity index (χ3n) is 6.06. The summed E-state index contributed by atoms with van der Waals surface area (Å²) < 4.78 is 44.4. The van der Waals surface area contributed by atoms with E-state index < -0.39 is 36.9 Å². The number of aliphatic hydroxyl groups is 1. The summed E-state index contributed by atoms with van der Waals surface area (Å²) in [7, 11) is 3.26. The smallest absolute Gasteiger partial charge is 0.404 e. The topological polar surface area (TPSA) is 120 Å². The molecule has 0 spiro atoms. The molecule has 0 saturated heterocycles. The maximum atomic E-state index is 13.1. The van der Waals surface area contributed by atoms with E-state index in [9.17, 15) is 23.1 Å². The number of carbonyl (C=O) groups is 1. The molecule has 1 aliphatic carbocycles. The first-order valence-corrected chi connectivity index (χ1v) is 12.0. The highest BCUT2D eigenvalue weighted by Gasteiger charge is 2.38. The molecule has 2 aromatic heterocycles. The monoisotopic (exact) mass is 525 g/mol. The number of hydrogen-bond donors (Lipinski definition) is 4. The number of methoxy groups -OCH3 is 1. The second kappa shape index (κ2) is 10.3. The van der Waals surface area contributed by atoms with Crippen molar-refractivity contribution in [1.29, 1.82) is 0 Å². The molecule has 2 heterocycles. The highest BCUT2D eigenvalue weighted by Crippen LogP contribution is 2.37. The van der Waals surface area contributed by atoms with Gasteiger partial charge in [0.25, 0.3) is 0 Å². The molecule has 13 heteroatoms. The molecule has 0 unspecified atom stereocenters. The minimum Gasteiger partial charge on any atom is -0.497 e. The predicted molar refractivity (Wildman–Crippen MR) is 130 cm³/mol. The Morgan fingerprint density at radius 2 is 1.97 bits per heavy atom. The summed E-state index contributed by atoms with van der Waals surface area (Å²) in [5.41, 5.74) is 0.923. The van der Waals surface area contributed by atoms with Gasteiger partial charge in [0.05, 0.1) is 31.1 Å². The van der Waals surface area contributed by atoms with Crippen LogP contribution in [0, 0.1) is 0 Å². The molecule has 3 aromatic rings. The standard InChI is InChI=1S/C23H26F3N5O4S/c1-31(17-7-13(8-18(17)32)28-22(33)34)19-16-9-15(10-23(24,25)26)36-20(16)30-21(29-19)27-11-12-3-5-14(35-2)6-4-12/h3-6,9,13,17-18,28,32H,7-8,10-11H2,1-2H3,(H,33,34)(H,27,29,30)/t13-,17+,18-/m1/s1. The first-order valence-electron chi connectivity index (χ1n) is 11.2. The summed E-state index contributed by atoms with van der Waals surface area (Å²) in [4.78, 5) is 22.2. The van der Waals surface area contributed by atoms with Crippen molar-refractivity contribution in [2.75, 3.05) is 24.4 Å². The van der Waals surface area contributed by atoms with Crippen LogP contribution in [0.2, 0.25) is 0 Å². The fourth-order valence-electron chi connectivity index (χ4n) is 4.37. The number of nitrogens with one attached hydrogen (secondary N) is 2. The summed E-state index contributed by atoms with van der Waals surface area (Å²) >= 11 is 0.942. The van der Waals surface area contributed by atoms with Gasteiger partial charge in [0.15, 0.2) is 0 Å². The second-order valence-corrected chi connectivity index (χ2v) is 9.77. The Bertz CT molecular complexity index is 1220. The van der Waals surface area contributed by atoms with Gasteiger partial charge >= 0.3 is 12.3 Å². The van der Waals surface area contributed by atoms with Crippen molar-refractivity contribution < 1.29 is 32.9 Å². The number of aromatic nitrogens is 2. The maximum Gasteiger partial charge on any atom is 0.404 e. The van der Waals surface area contributed by atoms with E-state index in [1.54, 1.807) is 19.1 Å². The Morgan fingerprint density at radius 3 is 2.61 bits per heavy atom. The van der Waals surface area contributed by atoms with Gasteiger partial charge in [0.1, 0.15) is 16.4 Å². The van der Waals surface area contributed by atoms with Crippen LogP contribution >= 0.6 is 11.3 Å². The van der Waals surface area contributed by atoms with E-state index in [0.29, 0.717) is 34.7 Å². The van der Waals surface area contributed by atoms with Gasteiger partial charge < -0.3 is 30.5 Å². The fraction of sp³-hybridized carbons (Fsp3) is 0.435. The number of thiophene rings is 1. The zero-order valence-electron chi connectivity index (χ0n) is 19.5. The Morgan fingerprint density at radius 1 is 1.25 bits per heavy atom. The molecule has 9 nitrogen and oxygen atoms in total. The van der Waals surface area contributed by atoms with Gasteiger partial charge in [-0.25, -0.2) is 9.78 Å². The van der Waals surface area contributed by atoms with Crippen molar-refractivity contribution in [1.82, 2.24) is 15.3 Å². The van der Waals surface area contributed by atoms with Crippen molar-refractivity contribution in [3.05, 3.63) is 40.8 Å². The normalized spacial score (nSPS) is 19.9. The zero-order chi connectivity index (χ0) is 26.0. The first-order chi connectivity index (χ1) is 17.0. The fourth-order valence-corrected chi connectivity index (χ4v) is 5.43. The number of anilines is 2. The summed E-state index contributed by atoms with van der Waals surface area (Å²) in [6.45, 7) is 0.371. The quantitative estimate of drug-likeness (QED) is 0.348. The van der Waals surface area contributed by atoms with Gasteiger partial charge in [0.2, 0.25) is 5.95 Å². The van der Waals surface area contributed by atoms with Gasteiger partial charge in [-0.05, 0) is 36.6 Å². The number of amides is 1. The van der Waals surface area contributed by atoms with Crippen LogP contribution in [0.5, 0.6) is 5.75 Å². The van der Waals surface area contributed by atoms with Crippen molar-refractivity contribution in [2.24, 2.45) is 0 Å². The number of ether oxygens (including phenoxy) is 1. The van der Waals surface area contributed by atoms with Gasteiger partial charge in [0, 0.05) is 24.5 Å². The van der Waals surface area contributed by atoms with Crippen LogP contribution in [0.15, 0.2) is 30.3 Å². The lowest BCUT2D eigenvalue weighted by Crippen LogP contribution is -2.39. The summed E-state index contributed by atoms with van der Waals surface area (Å²) in [6, 6.07) is 7.86. The minimum absolute atomic E-state index is 0.103. The predicted octanol–water partition coefficient (Wildman–Crippen LogP) is 4.01. The zero-order valence-corrected chi connectivity index (χ0v) is 20.4. The molecule has 1 amide bonds. The van der Waals surface area contributed by atoms with Gasteiger partial charge in [-0.3, -0.25) is 0 Å². The average molecular weight is 526 g/mol. The molecule has 0 bridgehead atoms. The Labute approximate surface area is 208 Å². The number of carboxylic acid groups (broad SMARTS) is 1. The molecule has 194 valence electrons. The van der Waals surface area contributed by atoms with Gasteiger partial charge in [-0.2, -0.15) is 18.2 Å². The molecular formula is C23H26F3N5O4S. The number of aliphatic hydroxyl groups excluding tert-OH is 1. The van der Waals surface area contributed by atoms with E-state index >= 15 is 0 Å². The van der Waals surface area contributed by atoms with Crippen LogP contribution in [-0.4, -0.2) is 64.8 Å². The number of benzene rings is 1. The molecular weight excluding hydrogens is 499 g/mol. The molecule has 1 aromatic carbocycles. The van der Waals surface area contributed by atoms with Gasteiger partial charge in [-0.15, -0.1) is 11.3 Å². The Hall–Kier alpha value is -3.32. The SMILES string of the molecule is COc1ccc(CNc2nc(N(C)[C@H]3C[C@@H](NC(=O)O)C[C@H]3O)c3cc(CC(F)(F)F)sc3n2)cc1. The van der Waals surface area contributed by atoms with E-state index in [1.165, 1.54) is 6.07 Å². The number of halogens is 3. The maximum absolute atomic E-state index is 13.1. The van der Waals surface area contributed by atoms with Crippen LogP contribution in [-0.2, 0) is 13.0 Å². The molecule has 4 N–H and O–H groups in total. The number of likely N-dealkylation sites (N-methyl/N-ethyl adjacent to an activating group) is 1. The first kappa shape index (κ1) is 25.8. The van der Waals surface area contributed by atoms with E-state index in [0.717, 1.165) is 16.9 Å². The average Bonchev–Trinajstić information content (AvgIpc) is 3.37. The summed E-state index contributed by atoms with van der Waals surface area (Å²) in [6.07, 6.45) is -6.93. The summed E-state index contributed by atoms with van der Waals surface area (Å²) in [5.74, 6) is 1.30. The third-order valence-corrected chi connectivity index (χ3v) is 7.09. The van der Waals surface area contributed by atoms with Crippen LogP contribution in [0.1, 0.15) is 23.3 Å². The third kappa shape index (κ3) is 6.08. The molecule has 1 saturated carbocycles.